The Morgan fingerprint density at radius 1 is 1.14 bits per heavy atom. The number of benzene rings is 1. The second-order valence-corrected chi connectivity index (χ2v) is 6.19. The number of aliphatic carboxylic acids is 1. The number of hydrogen-bond donors (Lipinski definition) is 3. The van der Waals surface area contributed by atoms with Crippen LogP contribution in [-0.4, -0.2) is 38.5 Å². The molecular formula is C13H18N2O5S. The van der Waals surface area contributed by atoms with E-state index < -0.39 is 16.0 Å². The topological polar surface area (TPSA) is 113 Å². The molecule has 0 aliphatic heterocycles. The van der Waals surface area contributed by atoms with Crippen molar-refractivity contribution in [1.29, 1.82) is 0 Å². The Bertz CT molecular complexity index is 595. The second-order valence-electron chi connectivity index (χ2n) is 4.42. The molecule has 1 rings (SSSR count). The van der Waals surface area contributed by atoms with Crippen molar-refractivity contribution in [1.82, 2.24) is 10.0 Å². The van der Waals surface area contributed by atoms with Crippen molar-refractivity contribution in [2.45, 2.75) is 24.7 Å². The number of carbonyl (C=O) groups is 2. The molecule has 0 radical (unpaired) electrons. The van der Waals surface area contributed by atoms with E-state index in [-0.39, 0.29) is 30.3 Å². The van der Waals surface area contributed by atoms with E-state index in [2.05, 4.69) is 10.0 Å². The molecule has 0 heterocycles. The molecule has 1 aromatic carbocycles. The summed E-state index contributed by atoms with van der Waals surface area (Å²) < 4.78 is 26.2. The zero-order valence-corrected chi connectivity index (χ0v) is 12.4. The number of rotatable bonds is 8. The highest BCUT2D eigenvalue weighted by Crippen LogP contribution is 2.11. The van der Waals surface area contributed by atoms with Crippen LogP contribution in [0.5, 0.6) is 0 Å². The lowest BCUT2D eigenvalue weighted by atomic mass is 10.1. The summed E-state index contributed by atoms with van der Waals surface area (Å²) in [6.45, 7) is 1.66. The molecule has 21 heavy (non-hydrogen) atoms. The fourth-order valence-corrected chi connectivity index (χ4v) is 2.63. The molecule has 0 aromatic heterocycles. The predicted molar refractivity (Wildman–Crippen MR) is 76.3 cm³/mol. The van der Waals surface area contributed by atoms with Crippen LogP contribution in [0.1, 0.15) is 18.9 Å². The Morgan fingerprint density at radius 3 is 2.29 bits per heavy atom. The molecule has 116 valence electrons. The number of carbonyl (C=O) groups excluding carboxylic acids is 1. The first-order chi connectivity index (χ1) is 9.81. The fraction of sp³-hybridized carbons (Fsp3) is 0.385. The van der Waals surface area contributed by atoms with Gasteiger partial charge in [-0.15, -0.1) is 0 Å². The van der Waals surface area contributed by atoms with Gasteiger partial charge in [0.05, 0.1) is 4.90 Å². The van der Waals surface area contributed by atoms with Gasteiger partial charge in [0, 0.05) is 26.4 Å². The van der Waals surface area contributed by atoms with E-state index >= 15 is 0 Å². The van der Waals surface area contributed by atoms with Gasteiger partial charge in [0.1, 0.15) is 0 Å². The van der Waals surface area contributed by atoms with Gasteiger partial charge in [-0.05, 0) is 24.1 Å². The number of amides is 1. The van der Waals surface area contributed by atoms with E-state index in [1.807, 2.05) is 0 Å². The van der Waals surface area contributed by atoms with Crippen LogP contribution in [0.15, 0.2) is 29.2 Å². The standard InChI is InChI=1S/C13H18N2O5S/c1-10(16)14-8-9-15-21(19,20)12-5-2-11(3-6-12)4-7-13(17)18/h2-3,5-6,15H,4,7-9H2,1H3,(H,14,16)(H,17,18). The normalized spacial score (nSPS) is 11.1. The SMILES string of the molecule is CC(=O)NCCNS(=O)(=O)c1ccc(CCC(=O)O)cc1. The van der Waals surface area contributed by atoms with E-state index in [0.717, 1.165) is 5.56 Å². The molecule has 0 bridgehead atoms. The summed E-state index contributed by atoms with van der Waals surface area (Å²) in [5, 5.41) is 11.1. The Balaban J connectivity index is 2.58. The summed E-state index contributed by atoms with van der Waals surface area (Å²) in [6, 6.07) is 6.03. The van der Waals surface area contributed by atoms with Crippen molar-refractivity contribution < 1.29 is 23.1 Å². The lowest BCUT2D eigenvalue weighted by Crippen LogP contribution is -2.33. The minimum Gasteiger partial charge on any atom is -0.481 e. The van der Waals surface area contributed by atoms with Crippen molar-refractivity contribution in [3.05, 3.63) is 29.8 Å². The minimum atomic E-state index is -3.62. The molecule has 1 amide bonds. The van der Waals surface area contributed by atoms with Crippen molar-refractivity contribution in [2.24, 2.45) is 0 Å². The van der Waals surface area contributed by atoms with Crippen LogP contribution in [0.2, 0.25) is 0 Å². The molecule has 0 atom stereocenters. The highest BCUT2D eigenvalue weighted by atomic mass is 32.2. The first-order valence-electron chi connectivity index (χ1n) is 6.36. The van der Waals surface area contributed by atoms with Crippen molar-refractivity contribution in [3.63, 3.8) is 0 Å². The van der Waals surface area contributed by atoms with Crippen molar-refractivity contribution >= 4 is 21.9 Å². The zero-order valence-electron chi connectivity index (χ0n) is 11.6. The number of nitrogens with one attached hydrogen (secondary N) is 2. The van der Waals surface area contributed by atoms with Crippen LogP contribution in [0.3, 0.4) is 0 Å². The summed E-state index contributed by atoms with van der Waals surface area (Å²) in [5.74, 6) is -1.12. The molecule has 0 saturated heterocycles. The molecule has 0 spiro atoms. The van der Waals surface area contributed by atoms with Gasteiger partial charge in [-0.2, -0.15) is 0 Å². The molecular weight excluding hydrogens is 296 g/mol. The quantitative estimate of drug-likeness (QED) is 0.590. The van der Waals surface area contributed by atoms with Gasteiger partial charge < -0.3 is 10.4 Å². The fourth-order valence-electron chi connectivity index (χ4n) is 1.59. The van der Waals surface area contributed by atoms with Crippen LogP contribution in [-0.2, 0) is 26.0 Å². The average Bonchev–Trinajstić information content (AvgIpc) is 2.41. The number of aryl methyl sites for hydroxylation is 1. The predicted octanol–water partition coefficient (Wildman–Crippen LogP) is 0.118. The summed E-state index contributed by atoms with van der Waals surface area (Å²) in [5.41, 5.74) is 0.759. The Hall–Kier alpha value is -1.93. The van der Waals surface area contributed by atoms with Gasteiger partial charge in [0.25, 0.3) is 0 Å². The van der Waals surface area contributed by atoms with Crippen LogP contribution < -0.4 is 10.0 Å². The van der Waals surface area contributed by atoms with Gasteiger partial charge in [0.15, 0.2) is 0 Å². The Labute approximate surface area is 123 Å². The van der Waals surface area contributed by atoms with E-state index in [4.69, 9.17) is 5.11 Å². The molecule has 0 aliphatic carbocycles. The minimum absolute atomic E-state index is 0.00105. The summed E-state index contributed by atoms with van der Waals surface area (Å²) >= 11 is 0. The number of carboxylic acid groups (broad SMARTS) is 1. The van der Waals surface area contributed by atoms with E-state index in [1.165, 1.54) is 19.1 Å². The molecule has 0 unspecified atom stereocenters. The third kappa shape index (κ3) is 6.37. The molecule has 7 nitrogen and oxygen atoms in total. The highest BCUT2D eigenvalue weighted by Gasteiger charge is 2.13. The largest absolute Gasteiger partial charge is 0.481 e. The van der Waals surface area contributed by atoms with Gasteiger partial charge in [-0.3, -0.25) is 9.59 Å². The third-order valence-corrected chi connectivity index (χ3v) is 4.13. The number of carboxylic acids is 1. The van der Waals surface area contributed by atoms with Crippen LogP contribution in [0, 0.1) is 0 Å². The van der Waals surface area contributed by atoms with Crippen LogP contribution in [0.25, 0.3) is 0 Å². The average molecular weight is 314 g/mol. The molecule has 3 N–H and O–H groups in total. The molecule has 8 heteroatoms. The highest BCUT2D eigenvalue weighted by molar-refractivity contribution is 7.89. The monoisotopic (exact) mass is 314 g/mol. The van der Waals surface area contributed by atoms with Crippen molar-refractivity contribution in [2.75, 3.05) is 13.1 Å². The lowest BCUT2D eigenvalue weighted by Gasteiger charge is -2.08. The first kappa shape index (κ1) is 17.1. The molecule has 0 saturated carbocycles. The van der Waals surface area contributed by atoms with Gasteiger partial charge >= 0.3 is 5.97 Å². The number of sulfonamides is 1. The van der Waals surface area contributed by atoms with Crippen molar-refractivity contribution in [3.8, 4) is 0 Å². The molecule has 0 fully saturated rings. The maximum atomic E-state index is 11.9. The summed E-state index contributed by atoms with van der Waals surface area (Å²) in [7, 11) is -3.62. The molecule has 0 aliphatic rings. The van der Waals surface area contributed by atoms with Gasteiger partial charge in [-0.25, -0.2) is 13.1 Å². The maximum Gasteiger partial charge on any atom is 0.303 e. The summed E-state index contributed by atoms with van der Waals surface area (Å²) in [4.78, 5) is 21.2. The Kier molecular flexibility index (Phi) is 6.32. The summed E-state index contributed by atoms with van der Waals surface area (Å²) in [6.07, 6.45) is 0.354. The Morgan fingerprint density at radius 2 is 1.76 bits per heavy atom. The first-order valence-corrected chi connectivity index (χ1v) is 7.84. The van der Waals surface area contributed by atoms with E-state index in [1.54, 1.807) is 12.1 Å². The molecule has 1 aromatic rings. The van der Waals surface area contributed by atoms with Crippen LogP contribution >= 0.6 is 0 Å². The lowest BCUT2D eigenvalue weighted by molar-refractivity contribution is -0.137. The third-order valence-electron chi connectivity index (χ3n) is 2.65. The van der Waals surface area contributed by atoms with Crippen LogP contribution in [0.4, 0.5) is 0 Å². The number of hydrogen-bond acceptors (Lipinski definition) is 4. The van der Waals surface area contributed by atoms with E-state index in [0.29, 0.717) is 6.42 Å². The van der Waals surface area contributed by atoms with Gasteiger partial charge in [0.2, 0.25) is 15.9 Å². The van der Waals surface area contributed by atoms with E-state index in [9.17, 15) is 18.0 Å². The maximum absolute atomic E-state index is 11.9. The zero-order chi connectivity index (χ0) is 15.9. The van der Waals surface area contributed by atoms with Gasteiger partial charge in [-0.1, -0.05) is 12.1 Å². The second kappa shape index (κ2) is 7.75. The smallest absolute Gasteiger partial charge is 0.303 e.